The van der Waals surface area contributed by atoms with Gasteiger partial charge in [0.1, 0.15) is 12.0 Å². The van der Waals surface area contributed by atoms with E-state index in [9.17, 15) is 14.0 Å². The average molecular weight is 269 g/mol. The second kappa shape index (κ2) is 4.80. The Morgan fingerprint density at radius 2 is 2.00 bits per heavy atom. The van der Waals surface area contributed by atoms with Crippen LogP contribution in [0.5, 0.6) is 0 Å². The van der Waals surface area contributed by atoms with E-state index in [0.717, 1.165) is 0 Å². The third kappa shape index (κ3) is 2.18. The zero-order valence-corrected chi connectivity index (χ0v) is 10.4. The number of H-pyrrole nitrogens is 1. The van der Waals surface area contributed by atoms with Crippen molar-refractivity contribution in [3.63, 3.8) is 0 Å². The maximum atomic E-state index is 13.4. The molecule has 2 N–H and O–H groups in total. The highest BCUT2D eigenvalue weighted by Crippen LogP contribution is 2.20. The quantitative estimate of drug-likeness (QED) is 0.763. The van der Waals surface area contributed by atoms with Crippen LogP contribution in [0.1, 0.15) is 24.4 Å². The summed E-state index contributed by atoms with van der Waals surface area (Å²) >= 11 is 0. The van der Waals surface area contributed by atoms with E-state index in [0.29, 0.717) is 37.4 Å². The minimum Gasteiger partial charge on any atom is -0.381 e. The average Bonchev–Trinajstić information content (AvgIpc) is 2.41. The SMILES string of the molecule is O=c1[nH]c2c(c(=O)n1C1CCOCC1)C[C@@H](F)CN2. The van der Waals surface area contributed by atoms with Crippen molar-refractivity contribution in [1.29, 1.82) is 0 Å². The summed E-state index contributed by atoms with van der Waals surface area (Å²) in [6.07, 6.45) is 0.234. The molecule has 1 fully saturated rings. The van der Waals surface area contributed by atoms with Crippen LogP contribution in [0, 0.1) is 0 Å². The summed E-state index contributed by atoms with van der Waals surface area (Å²) < 4.78 is 19.8. The molecule has 1 atom stereocenters. The van der Waals surface area contributed by atoms with Crippen LogP contribution in [0.25, 0.3) is 0 Å². The molecule has 2 aliphatic rings. The standard InChI is InChI=1S/C12H16FN3O3/c13-7-5-9-10(14-6-7)15-12(18)16(11(9)17)8-1-3-19-4-2-8/h7-8,14H,1-6H2,(H,15,18)/t7-/m1/s1. The van der Waals surface area contributed by atoms with Gasteiger partial charge >= 0.3 is 5.69 Å². The first-order valence-electron chi connectivity index (χ1n) is 6.50. The van der Waals surface area contributed by atoms with E-state index in [2.05, 4.69) is 10.3 Å². The number of nitrogens with zero attached hydrogens (tertiary/aromatic N) is 1. The van der Waals surface area contributed by atoms with Gasteiger partial charge in [-0.25, -0.2) is 9.18 Å². The number of aromatic nitrogens is 2. The molecule has 0 aliphatic carbocycles. The van der Waals surface area contributed by atoms with Gasteiger partial charge in [-0.15, -0.1) is 0 Å². The predicted octanol–water partition coefficient (Wildman–Crippen LogP) is 0.194. The summed E-state index contributed by atoms with van der Waals surface area (Å²) in [6.45, 7) is 1.21. The fourth-order valence-electron chi connectivity index (χ4n) is 2.71. The summed E-state index contributed by atoms with van der Waals surface area (Å²) in [6, 6.07) is -0.157. The van der Waals surface area contributed by atoms with Gasteiger partial charge in [0.15, 0.2) is 0 Å². The number of ether oxygens (including phenoxy) is 1. The molecule has 2 aliphatic heterocycles. The molecule has 1 saturated heterocycles. The maximum absolute atomic E-state index is 13.4. The summed E-state index contributed by atoms with van der Waals surface area (Å²) in [5.74, 6) is 0.368. The van der Waals surface area contributed by atoms with Gasteiger partial charge in [0, 0.05) is 32.2 Å². The lowest BCUT2D eigenvalue weighted by molar-refractivity contribution is 0.0673. The van der Waals surface area contributed by atoms with Gasteiger partial charge in [-0.3, -0.25) is 14.3 Å². The lowest BCUT2D eigenvalue weighted by atomic mass is 10.1. The lowest BCUT2D eigenvalue weighted by Crippen LogP contribution is -2.44. The number of anilines is 1. The molecule has 0 aromatic carbocycles. The second-order valence-electron chi connectivity index (χ2n) is 4.98. The monoisotopic (exact) mass is 269 g/mol. The maximum Gasteiger partial charge on any atom is 0.330 e. The van der Waals surface area contributed by atoms with Gasteiger partial charge in [0.2, 0.25) is 0 Å². The third-order valence-corrected chi connectivity index (χ3v) is 3.71. The second-order valence-corrected chi connectivity index (χ2v) is 4.98. The molecule has 1 aromatic rings. The first-order valence-corrected chi connectivity index (χ1v) is 6.50. The van der Waals surface area contributed by atoms with E-state index >= 15 is 0 Å². The van der Waals surface area contributed by atoms with Crippen molar-refractivity contribution < 1.29 is 9.13 Å². The molecule has 104 valence electrons. The number of halogens is 1. The van der Waals surface area contributed by atoms with Crippen molar-refractivity contribution in [3.8, 4) is 0 Å². The number of rotatable bonds is 1. The minimum atomic E-state index is -1.09. The van der Waals surface area contributed by atoms with E-state index in [1.165, 1.54) is 4.57 Å². The van der Waals surface area contributed by atoms with Crippen molar-refractivity contribution in [1.82, 2.24) is 9.55 Å². The van der Waals surface area contributed by atoms with Crippen LogP contribution in [-0.4, -0.2) is 35.5 Å². The predicted molar refractivity (Wildman–Crippen MR) is 67.5 cm³/mol. The summed E-state index contributed by atoms with van der Waals surface area (Å²) in [4.78, 5) is 27.0. The molecule has 0 bridgehead atoms. The van der Waals surface area contributed by atoms with Crippen molar-refractivity contribution in [2.45, 2.75) is 31.5 Å². The Bertz CT molecular complexity index is 589. The lowest BCUT2D eigenvalue weighted by Gasteiger charge is -2.26. The van der Waals surface area contributed by atoms with Gasteiger partial charge in [-0.2, -0.15) is 0 Å². The molecule has 19 heavy (non-hydrogen) atoms. The molecule has 0 radical (unpaired) electrons. The Hall–Kier alpha value is -1.63. The molecule has 6 nitrogen and oxygen atoms in total. The number of aromatic amines is 1. The first-order chi connectivity index (χ1) is 9.16. The highest BCUT2D eigenvalue weighted by atomic mass is 19.1. The van der Waals surface area contributed by atoms with Crippen molar-refractivity contribution in [3.05, 3.63) is 26.4 Å². The molecule has 1 aromatic heterocycles. The highest BCUT2D eigenvalue weighted by molar-refractivity contribution is 5.45. The van der Waals surface area contributed by atoms with E-state index in [-0.39, 0.29) is 24.6 Å². The van der Waals surface area contributed by atoms with E-state index in [4.69, 9.17) is 4.74 Å². The van der Waals surface area contributed by atoms with Crippen LogP contribution in [0.2, 0.25) is 0 Å². The van der Waals surface area contributed by atoms with Crippen molar-refractivity contribution in [2.24, 2.45) is 0 Å². The van der Waals surface area contributed by atoms with E-state index in [1.54, 1.807) is 0 Å². The van der Waals surface area contributed by atoms with Crippen LogP contribution in [0.3, 0.4) is 0 Å². The van der Waals surface area contributed by atoms with Crippen molar-refractivity contribution >= 4 is 5.82 Å². The molecular weight excluding hydrogens is 253 g/mol. The first kappa shape index (κ1) is 12.4. The summed E-state index contributed by atoms with van der Waals surface area (Å²) in [7, 11) is 0. The smallest absolute Gasteiger partial charge is 0.330 e. The van der Waals surface area contributed by atoms with Crippen LogP contribution in [-0.2, 0) is 11.2 Å². The zero-order valence-electron chi connectivity index (χ0n) is 10.4. The molecule has 0 saturated carbocycles. The third-order valence-electron chi connectivity index (χ3n) is 3.71. The molecule has 0 amide bonds. The van der Waals surface area contributed by atoms with Gasteiger partial charge in [0.05, 0.1) is 5.56 Å². The number of nitrogens with one attached hydrogen (secondary N) is 2. The normalized spacial score (nSPS) is 23.7. The van der Waals surface area contributed by atoms with Crippen LogP contribution in [0.15, 0.2) is 9.59 Å². The number of hydrogen-bond acceptors (Lipinski definition) is 4. The largest absolute Gasteiger partial charge is 0.381 e. The van der Waals surface area contributed by atoms with Crippen LogP contribution >= 0.6 is 0 Å². The van der Waals surface area contributed by atoms with Crippen LogP contribution in [0.4, 0.5) is 10.2 Å². The number of hydrogen-bond donors (Lipinski definition) is 2. The van der Waals surface area contributed by atoms with Gasteiger partial charge in [-0.05, 0) is 12.8 Å². The molecule has 7 heteroatoms. The number of alkyl halides is 1. The molecule has 3 rings (SSSR count). The molecule has 3 heterocycles. The highest BCUT2D eigenvalue weighted by Gasteiger charge is 2.26. The van der Waals surface area contributed by atoms with E-state index in [1.807, 2.05) is 0 Å². The Morgan fingerprint density at radius 3 is 2.74 bits per heavy atom. The zero-order chi connectivity index (χ0) is 13.4. The van der Waals surface area contributed by atoms with Crippen LogP contribution < -0.4 is 16.6 Å². The fraction of sp³-hybridized carbons (Fsp3) is 0.667. The van der Waals surface area contributed by atoms with Gasteiger partial charge in [-0.1, -0.05) is 0 Å². The number of fused-ring (bicyclic) bond motifs is 1. The Morgan fingerprint density at radius 1 is 1.26 bits per heavy atom. The van der Waals surface area contributed by atoms with Crippen molar-refractivity contribution in [2.75, 3.05) is 25.1 Å². The van der Waals surface area contributed by atoms with E-state index < -0.39 is 11.9 Å². The topological polar surface area (TPSA) is 76.1 Å². The summed E-state index contributed by atoms with van der Waals surface area (Å²) in [5, 5.41) is 2.76. The minimum absolute atomic E-state index is 0.0567. The van der Waals surface area contributed by atoms with Gasteiger partial charge in [0.25, 0.3) is 5.56 Å². The Kier molecular flexibility index (Phi) is 3.14. The fourth-order valence-corrected chi connectivity index (χ4v) is 2.71. The van der Waals surface area contributed by atoms with Gasteiger partial charge < -0.3 is 10.1 Å². The molecule has 0 spiro atoms. The molecule has 0 unspecified atom stereocenters. The summed E-state index contributed by atoms with van der Waals surface area (Å²) in [5.41, 5.74) is -0.467. The molecular formula is C12H16FN3O3. The Balaban J connectivity index is 2.07. The Labute approximate surface area is 108 Å².